The number of piperazine rings is 1. The fourth-order valence-electron chi connectivity index (χ4n) is 2.14. The minimum atomic E-state index is -0.866. The number of carbonyl (C=O) groups excluding carboxylic acids is 3. The minimum Gasteiger partial charge on any atom is -0.451 e. The number of amides is 2. The molecular formula is C14H14Cl3N3O4. The molecule has 1 aliphatic heterocycles. The molecule has 0 unspecified atom stereocenters. The first-order valence-corrected chi connectivity index (χ1v) is 8.14. The second kappa shape index (κ2) is 8.00. The van der Waals surface area contributed by atoms with Gasteiger partial charge in [0.05, 0.1) is 15.1 Å². The molecule has 0 saturated carbocycles. The number of ether oxygens (including phenoxy) is 1. The van der Waals surface area contributed by atoms with Crippen molar-refractivity contribution in [3.05, 3.63) is 27.0 Å². The zero-order valence-corrected chi connectivity index (χ0v) is 15.0. The molecule has 2 amide bonds. The van der Waals surface area contributed by atoms with Crippen molar-refractivity contribution in [2.75, 3.05) is 32.8 Å². The van der Waals surface area contributed by atoms with Crippen molar-refractivity contribution in [2.24, 2.45) is 0 Å². The van der Waals surface area contributed by atoms with Crippen molar-refractivity contribution < 1.29 is 19.1 Å². The summed E-state index contributed by atoms with van der Waals surface area (Å²) in [4.78, 5) is 42.2. The van der Waals surface area contributed by atoms with E-state index in [1.807, 2.05) is 0 Å². The maximum absolute atomic E-state index is 12.1. The molecule has 1 fully saturated rings. The van der Waals surface area contributed by atoms with Gasteiger partial charge in [-0.25, -0.2) is 9.78 Å². The van der Waals surface area contributed by atoms with Crippen molar-refractivity contribution in [2.45, 2.75) is 6.92 Å². The van der Waals surface area contributed by atoms with Gasteiger partial charge >= 0.3 is 5.97 Å². The van der Waals surface area contributed by atoms with E-state index in [9.17, 15) is 14.4 Å². The standard InChI is InChI=1S/C14H14Cl3N3O4/c1-8(21)19-2-4-20(5-3-19)10(22)7-24-14(23)13-12(17)11(16)9(15)6-18-13/h6H,2-5,7H2,1H3. The number of halogens is 3. The Morgan fingerprint density at radius 3 is 2.25 bits per heavy atom. The van der Waals surface area contributed by atoms with Crippen molar-refractivity contribution in [1.82, 2.24) is 14.8 Å². The molecule has 2 rings (SSSR count). The predicted molar refractivity (Wildman–Crippen MR) is 88.4 cm³/mol. The van der Waals surface area contributed by atoms with E-state index in [-0.39, 0.29) is 32.6 Å². The Morgan fingerprint density at radius 2 is 1.67 bits per heavy atom. The molecule has 0 aliphatic carbocycles. The lowest BCUT2D eigenvalue weighted by Gasteiger charge is -2.34. The Kier molecular flexibility index (Phi) is 6.26. The second-order valence-corrected chi connectivity index (χ2v) is 6.21. The summed E-state index contributed by atoms with van der Waals surface area (Å²) in [6, 6.07) is 0. The van der Waals surface area contributed by atoms with Crippen molar-refractivity contribution in [3.8, 4) is 0 Å². The van der Waals surface area contributed by atoms with Gasteiger partial charge in [-0.05, 0) is 0 Å². The largest absolute Gasteiger partial charge is 0.451 e. The van der Waals surface area contributed by atoms with Crippen LogP contribution in [0.15, 0.2) is 6.20 Å². The molecule has 24 heavy (non-hydrogen) atoms. The van der Waals surface area contributed by atoms with Crippen LogP contribution in [0.2, 0.25) is 15.1 Å². The monoisotopic (exact) mass is 393 g/mol. The fraction of sp³-hybridized carbons (Fsp3) is 0.429. The molecule has 2 heterocycles. The van der Waals surface area contributed by atoms with Crippen LogP contribution in [-0.2, 0) is 14.3 Å². The van der Waals surface area contributed by atoms with E-state index in [1.165, 1.54) is 18.0 Å². The molecule has 0 N–H and O–H groups in total. The number of nitrogens with zero attached hydrogens (tertiary/aromatic N) is 3. The minimum absolute atomic E-state index is 0.00744. The number of pyridine rings is 1. The van der Waals surface area contributed by atoms with Crippen LogP contribution in [0.5, 0.6) is 0 Å². The number of rotatable bonds is 3. The van der Waals surface area contributed by atoms with Gasteiger partial charge in [-0.2, -0.15) is 0 Å². The predicted octanol–water partition coefficient (Wildman–Crippen LogP) is 1.89. The second-order valence-electron chi connectivity index (χ2n) is 5.05. The van der Waals surface area contributed by atoms with Gasteiger partial charge in [0.2, 0.25) is 5.91 Å². The molecule has 7 nitrogen and oxygen atoms in total. The maximum atomic E-state index is 12.1. The van der Waals surface area contributed by atoms with E-state index < -0.39 is 12.6 Å². The third kappa shape index (κ3) is 4.28. The lowest BCUT2D eigenvalue weighted by molar-refractivity contribution is -0.140. The normalized spacial score (nSPS) is 14.5. The first-order chi connectivity index (χ1) is 11.3. The maximum Gasteiger partial charge on any atom is 0.359 e. The van der Waals surface area contributed by atoms with Gasteiger partial charge in [0.15, 0.2) is 12.3 Å². The molecule has 130 valence electrons. The third-order valence-electron chi connectivity index (χ3n) is 3.52. The van der Waals surface area contributed by atoms with Crippen LogP contribution in [-0.4, -0.2) is 65.4 Å². The molecule has 0 aromatic carbocycles. The summed E-state index contributed by atoms with van der Waals surface area (Å²) >= 11 is 17.5. The number of hydrogen-bond acceptors (Lipinski definition) is 5. The SMILES string of the molecule is CC(=O)N1CCN(C(=O)COC(=O)c2ncc(Cl)c(Cl)c2Cl)CC1. The highest BCUT2D eigenvalue weighted by Crippen LogP contribution is 2.31. The Balaban J connectivity index is 1.89. The van der Waals surface area contributed by atoms with Gasteiger partial charge in [-0.15, -0.1) is 0 Å². The first-order valence-electron chi connectivity index (χ1n) is 7.01. The van der Waals surface area contributed by atoms with Gasteiger partial charge in [0.25, 0.3) is 5.91 Å². The summed E-state index contributed by atoms with van der Waals surface area (Å²) in [6.45, 7) is 2.72. The molecule has 0 spiro atoms. The average Bonchev–Trinajstić information content (AvgIpc) is 2.57. The van der Waals surface area contributed by atoms with Gasteiger partial charge in [-0.3, -0.25) is 9.59 Å². The summed E-state index contributed by atoms with van der Waals surface area (Å²) in [6.07, 6.45) is 1.18. The molecule has 1 aromatic heterocycles. The van der Waals surface area contributed by atoms with E-state index in [1.54, 1.807) is 4.90 Å². The summed E-state index contributed by atoms with van der Waals surface area (Å²) in [5.41, 5.74) is -0.208. The zero-order chi connectivity index (χ0) is 17.9. The number of hydrogen-bond donors (Lipinski definition) is 0. The van der Waals surface area contributed by atoms with Gasteiger partial charge in [0, 0.05) is 39.3 Å². The number of esters is 1. The third-order valence-corrected chi connectivity index (χ3v) is 4.76. The number of carbonyl (C=O) groups is 3. The molecule has 1 saturated heterocycles. The van der Waals surface area contributed by atoms with E-state index in [0.717, 1.165) is 0 Å². The molecule has 1 aliphatic rings. The average molecular weight is 395 g/mol. The first kappa shape index (κ1) is 18.8. The van der Waals surface area contributed by atoms with Crippen molar-refractivity contribution >= 4 is 52.6 Å². The highest BCUT2D eigenvalue weighted by atomic mass is 35.5. The smallest absolute Gasteiger partial charge is 0.359 e. The van der Waals surface area contributed by atoms with E-state index in [4.69, 9.17) is 39.5 Å². The Hall–Kier alpha value is -1.57. The molecule has 0 radical (unpaired) electrons. The highest BCUT2D eigenvalue weighted by molar-refractivity contribution is 6.48. The van der Waals surface area contributed by atoms with Gasteiger partial charge < -0.3 is 14.5 Å². The summed E-state index contributed by atoms with van der Waals surface area (Å²) in [5.74, 6) is -1.26. The van der Waals surface area contributed by atoms with Crippen LogP contribution in [0.25, 0.3) is 0 Å². The van der Waals surface area contributed by atoms with Crippen LogP contribution >= 0.6 is 34.8 Å². The summed E-state index contributed by atoms with van der Waals surface area (Å²) in [7, 11) is 0. The van der Waals surface area contributed by atoms with Crippen LogP contribution in [0.4, 0.5) is 0 Å². The van der Waals surface area contributed by atoms with Gasteiger partial charge in [0.1, 0.15) is 0 Å². The molecule has 0 atom stereocenters. The van der Waals surface area contributed by atoms with E-state index >= 15 is 0 Å². The summed E-state index contributed by atoms with van der Waals surface area (Å²) < 4.78 is 4.93. The van der Waals surface area contributed by atoms with E-state index in [0.29, 0.717) is 26.2 Å². The Bertz CT molecular complexity index is 675. The Morgan fingerprint density at radius 1 is 1.08 bits per heavy atom. The van der Waals surface area contributed by atoms with Crippen LogP contribution in [0, 0.1) is 0 Å². The van der Waals surface area contributed by atoms with Crippen LogP contribution in [0.3, 0.4) is 0 Å². The molecule has 0 bridgehead atoms. The van der Waals surface area contributed by atoms with Crippen molar-refractivity contribution in [3.63, 3.8) is 0 Å². The lowest BCUT2D eigenvalue weighted by Crippen LogP contribution is -2.51. The highest BCUT2D eigenvalue weighted by Gasteiger charge is 2.24. The molecule has 10 heteroatoms. The molecular weight excluding hydrogens is 381 g/mol. The topological polar surface area (TPSA) is 79.8 Å². The Labute approximate surface area is 153 Å². The molecule has 1 aromatic rings. The quantitative estimate of drug-likeness (QED) is 0.732. The van der Waals surface area contributed by atoms with E-state index in [2.05, 4.69) is 4.98 Å². The van der Waals surface area contributed by atoms with Crippen LogP contribution < -0.4 is 0 Å². The van der Waals surface area contributed by atoms with Gasteiger partial charge in [-0.1, -0.05) is 34.8 Å². The lowest BCUT2D eigenvalue weighted by atomic mass is 10.3. The number of aromatic nitrogens is 1. The summed E-state index contributed by atoms with van der Waals surface area (Å²) in [5, 5.41) is -0.0266. The van der Waals surface area contributed by atoms with Crippen molar-refractivity contribution in [1.29, 1.82) is 0 Å². The van der Waals surface area contributed by atoms with Crippen LogP contribution in [0.1, 0.15) is 17.4 Å². The zero-order valence-electron chi connectivity index (χ0n) is 12.7. The fourth-order valence-corrected chi connectivity index (χ4v) is 2.70.